The predicted molar refractivity (Wildman–Crippen MR) is 145 cm³/mol. The van der Waals surface area contributed by atoms with E-state index >= 15 is 0 Å². The van der Waals surface area contributed by atoms with Gasteiger partial charge in [-0.15, -0.1) is 0 Å². The molecule has 0 aliphatic carbocycles. The van der Waals surface area contributed by atoms with Crippen LogP contribution in [0.5, 0.6) is 0 Å². The van der Waals surface area contributed by atoms with E-state index in [1.165, 1.54) is 6.07 Å². The first-order valence-electron chi connectivity index (χ1n) is 11.5. The maximum atomic E-state index is 14.5. The number of primary amides is 1. The standard InChI is InChI=1S/C26H25Cl2FN4O4S/c1-38(36,37)33(22-11-18(10-21(29)12-22)26(35)31-13-24(30)34)23-14-32(15-23)25(16-5-7-19(27)8-6-16)17-3-2-4-20(28)9-17/h2-12,23,25H,13-15H2,1H3,(H2,30,34)(H,31,35). The Kier molecular flexibility index (Phi) is 8.27. The summed E-state index contributed by atoms with van der Waals surface area (Å²) < 4.78 is 41.4. The number of hydrogen-bond donors (Lipinski definition) is 2. The molecule has 38 heavy (non-hydrogen) atoms. The van der Waals surface area contributed by atoms with E-state index in [0.717, 1.165) is 33.8 Å². The van der Waals surface area contributed by atoms with Crippen molar-refractivity contribution in [3.8, 4) is 0 Å². The lowest BCUT2D eigenvalue weighted by atomic mass is 9.93. The van der Waals surface area contributed by atoms with E-state index in [9.17, 15) is 22.4 Å². The van der Waals surface area contributed by atoms with Crippen LogP contribution in [0.2, 0.25) is 10.0 Å². The molecule has 3 aromatic rings. The highest BCUT2D eigenvalue weighted by molar-refractivity contribution is 7.92. The number of benzene rings is 3. The fourth-order valence-electron chi connectivity index (χ4n) is 4.56. The molecule has 1 unspecified atom stereocenters. The van der Waals surface area contributed by atoms with Gasteiger partial charge in [0.2, 0.25) is 15.9 Å². The molecule has 12 heteroatoms. The maximum absolute atomic E-state index is 14.5. The first-order chi connectivity index (χ1) is 17.9. The van der Waals surface area contributed by atoms with Crippen LogP contribution in [-0.2, 0) is 14.8 Å². The smallest absolute Gasteiger partial charge is 0.251 e. The van der Waals surface area contributed by atoms with E-state index in [1.807, 2.05) is 30.3 Å². The molecule has 0 bridgehead atoms. The van der Waals surface area contributed by atoms with Crippen molar-refractivity contribution in [1.82, 2.24) is 10.2 Å². The number of carbonyl (C=O) groups is 2. The Bertz CT molecular complexity index is 1460. The Labute approximate surface area is 230 Å². The molecule has 1 heterocycles. The molecule has 1 aliphatic rings. The van der Waals surface area contributed by atoms with Gasteiger partial charge in [0, 0.05) is 28.7 Å². The van der Waals surface area contributed by atoms with Gasteiger partial charge >= 0.3 is 0 Å². The molecular formula is C26H25Cl2FN4O4S. The molecular weight excluding hydrogens is 554 g/mol. The number of sulfonamides is 1. The van der Waals surface area contributed by atoms with Crippen molar-refractivity contribution >= 4 is 50.7 Å². The summed E-state index contributed by atoms with van der Waals surface area (Å²) in [5.41, 5.74) is 6.79. The van der Waals surface area contributed by atoms with Crippen molar-refractivity contribution in [1.29, 1.82) is 0 Å². The van der Waals surface area contributed by atoms with Gasteiger partial charge in [-0.3, -0.25) is 18.8 Å². The second kappa shape index (κ2) is 11.3. The van der Waals surface area contributed by atoms with Crippen LogP contribution < -0.4 is 15.4 Å². The van der Waals surface area contributed by atoms with Crippen LogP contribution in [0.4, 0.5) is 10.1 Å². The number of anilines is 1. The number of nitrogens with one attached hydrogen (secondary N) is 1. The molecule has 0 radical (unpaired) electrons. The molecule has 4 rings (SSSR count). The average Bonchev–Trinajstić information content (AvgIpc) is 2.81. The van der Waals surface area contributed by atoms with Gasteiger partial charge in [0.05, 0.1) is 30.6 Å². The van der Waals surface area contributed by atoms with E-state index in [2.05, 4.69) is 10.2 Å². The summed E-state index contributed by atoms with van der Waals surface area (Å²) in [7, 11) is -3.86. The second-order valence-electron chi connectivity index (χ2n) is 9.02. The van der Waals surface area contributed by atoms with E-state index in [0.29, 0.717) is 23.1 Å². The van der Waals surface area contributed by atoms with Gasteiger partial charge in [0.15, 0.2) is 0 Å². The molecule has 3 aromatic carbocycles. The van der Waals surface area contributed by atoms with Gasteiger partial charge in [-0.25, -0.2) is 12.8 Å². The third kappa shape index (κ3) is 6.44. The maximum Gasteiger partial charge on any atom is 0.251 e. The number of hydrogen-bond acceptors (Lipinski definition) is 5. The number of nitrogens with zero attached hydrogens (tertiary/aromatic N) is 2. The quantitative estimate of drug-likeness (QED) is 0.403. The van der Waals surface area contributed by atoms with Gasteiger partial charge in [0.25, 0.3) is 5.91 Å². The van der Waals surface area contributed by atoms with Crippen molar-refractivity contribution in [2.24, 2.45) is 5.73 Å². The van der Waals surface area contributed by atoms with Crippen molar-refractivity contribution in [3.63, 3.8) is 0 Å². The zero-order valence-corrected chi connectivity index (χ0v) is 22.6. The lowest BCUT2D eigenvalue weighted by Crippen LogP contribution is -2.61. The van der Waals surface area contributed by atoms with Gasteiger partial charge in [-0.2, -0.15) is 0 Å². The molecule has 1 atom stereocenters. The average molecular weight is 579 g/mol. The molecule has 200 valence electrons. The molecule has 8 nitrogen and oxygen atoms in total. The highest BCUT2D eigenvalue weighted by Gasteiger charge is 2.41. The van der Waals surface area contributed by atoms with E-state index in [1.54, 1.807) is 18.2 Å². The number of amides is 2. The minimum atomic E-state index is -3.86. The first kappa shape index (κ1) is 27.8. The zero-order valence-electron chi connectivity index (χ0n) is 20.3. The fraction of sp³-hybridized carbons (Fsp3) is 0.231. The summed E-state index contributed by atoms with van der Waals surface area (Å²) in [4.78, 5) is 25.5. The van der Waals surface area contributed by atoms with Crippen LogP contribution in [0.15, 0.2) is 66.7 Å². The van der Waals surface area contributed by atoms with Crippen LogP contribution in [-0.4, -0.2) is 57.1 Å². The third-order valence-corrected chi connectivity index (χ3v) is 7.83. The summed E-state index contributed by atoms with van der Waals surface area (Å²) in [6.45, 7) is 0.215. The highest BCUT2D eigenvalue weighted by Crippen LogP contribution is 2.37. The van der Waals surface area contributed by atoms with Crippen LogP contribution in [0, 0.1) is 5.82 Å². The Morgan fingerprint density at radius 3 is 2.34 bits per heavy atom. The molecule has 1 aliphatic heterocycles. The summed E-state index contributed by atoms with van der Waals surface area (Å²) in [6.07, 6.45) is 1.03. The Morgan fingerprint density at radius 1 is 1.05 bits per heavy atom. The summed E-state index contributed by atoms with van der Waals surface area (Å²) in [5, 5.41) is 3.43. The molecule has 0 aromatic heterocycles. The van der Waals surface area contributed by atoms with Crippen LogP contribution in [0.3, 0.4) is 0 Å². The van der Waals surface area contributed by atoms with Crippen LogP contribution in [0.1, 0.15) is 27.5 Å². The lowest BCUT2D eigenvalue weighted by Gasteiger charge is -2.48. The van der Waals surface area contributed by atoms with Crippen LogP contribution >= 0.6 is 23.2 Å². The van der Waals surface area contributed by atoms with E-state index in [-0.39, 0.29) is 17.3 Å². The largest absolute Gasteiger partial charge is 0.368 e. The zero-order chi connectivity index (χ0) is 27.6. The second-order valence-corrected chi connectivity index (χ2v) is 11.8. The number of carbonyl (C=O) groups excluding carboxylic acids is 2. The SMILES string of the molecule is CS(=O)(=O)N(c1cc(F)cc(C(=O)NCC(N)=O)c1)C1CN(C(c2ccc(Cl)cc2)c2cccc(Cl)c2)C1. The summed E-state index contributed by atoms with van der Waals surface area (Å²) in [6, 6.07) is 17.3. The number of nitrogens with two attached hydrogens (primary N) is 1. The van der Waals surface area contributed by atoms with Crippen molar-refractivity contribution in [2.75, 3.05) is 30.2 Å². The van der Waals surface area contributed by atoms with E-state index < -0.39 is 40.2 Å². The van der Waals surface area contributed by atoms with Gasteiger partial charge in [-0.1, -0.05) is 47.5 Å². The Balaban J connectivity index is 1.63. The number of halogens is 3. The van der Waals surface area contributed by atoms with Crippen molar-refractivity contribution in [2.45, 2.75) is 12.1 Å². The minimum absolute atomic E-state index is 0.00664. The van der Waals surface area contributed by atoms with Gasteiger partial charge in [0.1, 0.15) is 5.82 Å². The normalized spacial score (nSPS) is 14.9. The number of likely N-dealkylation sites (tertiary alicyclic amines) is 1. The van der Waals surface area contributed by atoms with Crippen molar-refractivity contribution < 1.29 is 22.4 Å². The lowest BCUT2D eigenvalue weighted by molar-refractivity contribution is -0.117. The molecule has 0 saturated carbocycles. The van der Waals surface area contributed by atoms with Gasteiger partial charge < -0.3 is 11.1 Å². The minimum Gasteiger partial charge on any atom is -0.368 e. The first-order valence-corrected chi connectivity index (χ1v) is 14.1. The monoisotopic (exact) mass is 578 g/mol. The third-order valence-electron chi connectivity index (χ3n) is 6.12. The Hall–Kier alpha value is -3.18. The predicted octanol–water partition coefficient (Wildman–Crippen LogP) is 3.59. The summed E-state index contributed by atoms with van der Waals surface area (Å²) in [5.74, 6) is -2.32. The Morgan fingerprint density at radius 2 is 1.74 bits per heavy atom. The molecule has 3 N–H and O–H groups in total. The van der Waals surface area contributed by atoms with Crippen LogP contribution in [0.25, 0.3) is 0 Å². The van der Waals surface area contributed by atoms with Gasteiger partial charge in [-0.05, 0) is 53.6 Å². The number of rotatable bonds is 9. The molecule has 1 fully saturated rings. The molecule has 2 amide bonds. The van der Waals surface area contributed by atoms with Crippen molar-refractivity contribution in [3.05, 3.63) is 99.3 Å². The summed E-state index contributed by atoms with van der Waals surface area (Å²) >= 11 is 12.4. The van der Waals surface area contributed by atoms with E-state index in [4.69, 9.17) is 28.9 Å². The highest BCUT2D eigenvalue weighted by atomic mass is 35.5. The topological polar surface area (TPSA) is 113 Å². The fourth-order valence-corrected chi connectivity index (χ4v) is 6.05. The molecule has 0 spiro atoms. The molecule has 1 saturated heterocycles.